The number of aromatic nitrogens is 4. The molecule has 1 aromatic rings. The molecular formula is C7H12N4O3S. The van der Waals surface area contributed by atoms with Gasteiger partial charge in [0.1, 0.15) is 6.54 Å². The summed E-state index contributed by atoms with van der Waals surface area (Å²) in [6.07, 6.45) is 0. The van der Waals surface area contributed by atoms with Crippen molar-refractivity contribution >= 4 is 17.7 Å². The molecule has 1 heterocycles. The minimum atomic E-state index is -0.987. The van der Waals surface area contributed by atoms with Crippen molar-refractivity contribution in [2.75, 3.05) is 12.4 Å². The van der Waals surface area contributed by atoms with Gasteiger partial charge in [-0.15, -0.1) is 5.10 Å². The number of thioether (sulfide) groups is 1. The summed E-state index contributed by atoms with van der Waals surface area (Å²) in [4.78, 5) is 10.4. The Hall–Kier alpha value is -1.15. The molecular weight excluding hydrogens is 220 g/mol. The van der Waals surface area contributed by atoms with Crippen LogP contribution in [0.1, 0.15) is 6.92 Å². The summed E-state index contributed by atoms with van der Waals surface area (Å²) in [5.41, 5.74) is 0. The average molecular weight is 232 g/mol. The van der Waals surface area contributed by atoms with Gasteiger partial charge in [0.25, 0.3) is 0 Å². The molecule has 0 amide bonds. The molecule has 8 heteroatoms. The summed E-state index contributed by atoms with van der Waals surface area (Å²) in [6, 6.07) is 0. The van der Waals surface area contributed by atoms with Crippen molar-refractivity contribution in [3.8, 4) is 0 Å². The van der Waals surface area contributed by atoms with Gasteiger partial charge in [0, 0.05) is 12.4 Å². The summed E-state index contributed by atoms with van der Waals surface area (Å²) in [7, 11) is 0. The van der Waals surface area contributed by atoms with Gasteiger partial charge in [-0.05, 0) is 16.3 Å². The molecule has 84 valence electrons. The van der Waals surface area contributed by atoms with Gasteiger partial charge < -0.3 is 10.2 Å². The molecule has 1 unspecified atom stereocenters. The van der Waals surface area contributed by atoms with E-state index in [1.165, 1.54) is 16.4 Å². The van der Waals surface area contributed by atoms with Crippen LogP contribution in [0.3, 0.4) is 0 Å². The maximum Gasteiger partial charge on any atom is 0.325 e. The molecule has 7 nitrogen and oxygen atoms in total. The number of aliphatic hydroxyl groups excluding tert-OH is 1. The number of carboxylic acids is 1. The van der Waals surface area contributed by atoms with Crippen LogP contribution in [-0.4, -0.2) is 48.7 Å². The molecule has 0 aromatic carbocycles. The number of carbonyl (C=O) groups is 1. The number of carboxylic acid groups (broad SMARTS) is 1. The largest absolute Gasteiger partial charge is 0.480 e. The Morgan fingerprint density at radius 3 is 3.00 bits per heavy atom. The molecule has 0 aliphatic heterocycles. The lowest BCUT2D eigenvalue weighted by Crippen LogP contribution is -2.12. The topological polar surface area (TPSA) is 101 Å². The monoisotopic (exact) mass is 232 g/mol. The highest BCUT2D eigenvalue weighted by Crippen LogP contribution is 2.16. The highest BCUT2D eigenvalue weighted by atomic mass is 32.2. The second kappa shape index (κ2) is 5.66. The lowest BCUT2D eigenvalue weighted by Gasteiger charge is -2.05. The molecule has 1 rings (SSSR count). The van der Waals surface area contributed by atoms with E-state index in [1.54, 1.807) is 0 Å². The van der Waals surface area contributed by atoms with Gasteiger partial charge in [-0.3, -0.25) is 4.79 Å². The predicted octanol–water partition coefficient (Wildman–Crippen LogP) is -0.522. The van der Waals surface area contributed by atoms with E-state index in [-0.39, 0.29) is 19.1 Å². The zero-order valence-electron chi connectivity index (χ0n) is 8.20. The maximum absolute atomic E-state index is 10.4. The number of aliphatic hydroxyl groups is 1. The molecule has 0 saturated heterocycles. The van der Waals surface area contributed by atoms with Crippen molar-refractivity contribution in [3.63, 3.8) is 0 Å². The number of nitrogens with zero attached hydrogens (tertiary/aromatic N) is 4. The van der Waals surface area contributed by atoms with Gasteiger partial charge in [-0.2, -0.15) is 0 Å². The third-order valence-electron chi connectivity index (χ3n) is 1.59. The first-order chi connectivity index (χ1) is 7.13. The lowest BCUT2D eigenvalue weighted by atomic mass is 10.2. The van der Waals surface area contributed by atoms with Gasteiger partial charge in [-0.1, -0.05) is 18.7 Å². The zero-order valence-corrected chi connectivity index (χ0v) is 9.01. The summed E-state index contributed by atoms with van der Waals surface area (Å²) >= 11 is 1.33. The van der Waals surface area contributed by atoms with Crippen molar-refractivity contribution in [2.24, 2.45) is 5.92 Å². The average Bonchev–Trinajstić information content (AvgIpc) is 2.61. The van der Waals surface area contributed by atoms with Crippen LogP contribution in [0.4, 0.5) is 0 Å². The number of hydrogen-bond acceptors (Lipinski definition) is 6. The van der Waals surface area contributed by atoms with Crippen molar-refractivity contribution in [1.82, 2.24) is 20.2 Å². The van der Waals surface area contributed by atoms with Gasteiger partial charge in [0.2, 0.25) is 5.16 Å². The van der Waals surface area contributed by atoms with Crippen LogP contribution in [0.15, 0.2) is 5.16 Å². The molecule has 0 saturated carbocycles. The fraction of sp³-hybridized carbons (Fsp3) is 0.714. The molecule has 2 N–H and O–H groups in total. The number of tetrazole rings is 1. The Morgan fingerprint density at radius 1 is 1.67 bits per heavy atom. The Kier molecular flexibility index (Phi) is 4.50. The van der Waals surface area contributed by atoms with Crippen LogP contribution in [0.5, 0.6) is 0 Å². The molecule has 1 atom stereocenters. The van der Waals surface area contributed by atoms with Crippen LogP contribution in [0.25, 0.3) is 0 Å². The molecule has 1 aromatic heterocycles. The van der Waals surface area contributed by atoms with Crippen LogP contribution in [-0.2, 0) is 11.3 Å². The van der Waals surface area contributed by atoms with E-state index in [4.69, 9.17) is 10.2 Å². The van der Waals surface area contributed by atoms with Crippen LogP contribution in [0.2, 0.25) is 0 Å². The van der Waals surface area contributed by atoms with E-state index >= 15 is 0 Å². The summed E-state index contributed by atoms with van der Waals surface area (Å²) in [6.45, 7) is 1.73. The molecule has 15 heavy (non-hydrogen) atoms. The molecule has 0 bridgehead atoms. The van der Waals surface area contributed by atoms with E-state index < -0.39 is 5.97 Å². The first kappa shape index (κ1) is 11.9. The fourth-order valence-electron chi connectivity index (χ4n) is 0.797. The van der Waals surface area contributed by atoms with Crippen molar-refractivity contribution in [1.29, 1.82) is 0 Å². The van der Waals surface area contributed by atoms with Crippen LogP contribution in [0, 0.1) is 5.92 Å². The molecule has 0 spiro atoms. The van der Waals surface area contributed by atoms with Crippen molar-refractivity contribution < 1.29 is 15.0 Å². The van der Waals surface area contributed by atoms with Crippen molar-refractivity contribution in [2.45, 2.75) is 18.6 Å². The Labute approximate surface area is 90.5 Å². The Morgan fingerprint density at radius 2 is 2.40 bits per heavy atom. The van der Waals surface area contributed by atoms with Gasteiger partial charge in [0.05, 0.1) is 0 Å². The second-order valence-electron chi connectivity index (χ2n) is 3.11. The Balaban J connectivity index is 2.53. The summed E-state index contributed by atoms with van der Waals surface area (Å²) < 4.78 is 1.22. The lowest BCUT2D eigenvalue weighted by molar-refractivity contribution is -0.138. The van der Waals surface area contributed by atoms with Gasteiger partial charge >= 0.3 is 5.97 Å². The van der Waals surface area contributed by atoms with Gasteiger partial charge in [0.15, 0.2) is 0 Å². The molecule has 0 fully saturated rings. The molecule has 0 radical (unpaired) electrons. The highest BCUT2D eigenvalue weighted by molar-refractivity contribution is 7.99. The smallest absolute Gasteiger partial charge is 0.325 e. The fourth-order valence-corrected chi connectivity index (χ4v) is 1.68. The standard InChI is InChI=1S/C7H12N4O3S/c1-5(3-12)4-15-7-8-9-10-11(7)2-6(13)14/h5,12H,2-4H2,1H3,(H,13,14). The summed E-state index contributed by atoms with van der Waals surface area (Å²) in [5, 5.41) is 28.5. The first-order valence-corrected chi connectivity index (χ1v) is 5.33. The SMILES string of the molecule is CC(CO)CSc1nnnn1CC(=O)O. The third-order valence-corrected chi connectivity index (χ3v) is 2.88. The Bertz CT molecular complexity index is 330. The van der Waals surface area contributed by atoms with Crippen LogP contribution >= 0.6 is 11.8 Å². The maximum atomic E-state index is 10.4. The van der Waals surface area contributed by atoms with Crippen LogP contribution < -0.4 is 0 Å². The van der Waals surface area contributed by atoms with E-state index in [2.05, 4.69) is 15.5 Å². The minimum absolute atomic E-state index is 0.0908. The van der Waals surface area contributed by atoms with E-state index in [9.17, 15) is 4.79 Å². The van der Waals surface area contributed by atoms with Gasteiger partial charge in [-0.25, -0.2) is 4.68 Å². The van der Waals surface area contributed by atoms with E-state index in [0.29, 0.717) is 10.9 Å². The molecule has 0 aliphatic rings. The summed E-state index contributed by atoms with van der Waals surface area (Å²) in [5.74, 6) is -0.208. The second-order valence-corrected chi connectivity index (χ2v) is 4.10. The zero-order chi connectivity index (χ0) is 11.3. The highest BCUT2D eigenvalue weighted by Gasteiger charge is 2.11. The predicted molar refractivity (Wildman–Crippen MR) is 52.4 cm³/mol. The quantitative estimate of drug-likeness (QED) is 0.636. The normalized spacial score (nSPS) is 12.7. The number of rotatable bonds is 6. The number of aliphatic carboxylic acids is 1. The third kappa shape index (κ3) is 3.84. The van der Waals surface area contributed by atoms with Crippen molar-refractivity contribution in [3.05, 3.63) is 0 Å². The van der Waals surface area contributed by atoms with E-state index in [0.717, 1.165) is 0 Å². The first-order valence-electron chi connectivity index (χ1n) is 4.35. The minimum Gasteiger partial charge on any atom is -0.480 e. The van der Waals surface area contributed by atoms with E-state index in [1.807, 2.05) is 6.92 Å². The number of hydrogen-bond donors (Lipinski definition) is 2. The molecule has 0 aliphatic carbocycles.